The van der Waals surface area contributed by atoms with Crippen molar-refractivity contribution < 1.29 is 4.74 Å². The van der Waals surface area contributed by atoms with Crippen molar-refractivity contribution in [3.63, 3.8) is 0 Å². The van der Waals surface area contributed by atoms with Gasteiger partial charge in [0.05, 0.1) is 12.8 Å². The summed E-state index contributed by atoms with van der Waals surface area (Å²) in [5, 5.41) is 3.68. The molecule has 0 unspecified atom stereocenters. The molecule has 2 rings (SSSR count). The van der Waals surface area contributed by atoms with Gasteiger partial charge in [0.25, 0.3) is 0 Å². The van der Waals surface area contributed by atoms with E-state index in [2.05, 4.69) is 42.3 Å². The summed E-state index contributed by atoms with van der Waals surface area (Å²) in [6.07, 6.45) is 7.86. The largest absolute Gasteiger partial charge is 0.495 e. The highest BCUT2D eigenvalue weighted by Gasteiger charge is 2.15. The van der Waals surface area contributed by atoms with Gasteiger partial charge in [-0.15, -0.1) is 0 Å². The number of anilines is 1. The lowest BCUT2D eigenvalue weighted by molar-refractivity contribution is 0.413. The molecule has 1 aromatic rings. The second kappa shape index (κ2) is 9.04. The molecule has 0 aliphatic heterocycles. The van der Waals surface area contributed by atoms with Crippen LogP contribution in [0.25, 0.3) is 0 Å². The molecule has 0 bridgehead atoms. The molecule has 1 aliphatic rings. The van der Waals surface area contributed by atoms with Gasteiger partial charge in [0.1, 0.15) is 5.75 Å². The molecule has 1 aromatic carbocycles. The van der Waals surface area contributed by atoms with Gasteiger partial charge in [-0.1, -0.05) is 32.3 Å². The molecule has 0 amide bonds. The van der Waals surface area contributed by atoms with E-state index >= 15 is 0 Å². The Balaban J connectivity index is 2.02. The molecule has 0 heterocycles. The third-order valence-electron chi connectivity index (χ3n) is 4.70. The molecule has 3 nitrogen and oxygen atoms in total. The summed E-state index contributed by atoms with van der Waals surface area (Å²) in [5.41, 5.74) is 2.54. The average molecular weight is 304 g/mol. The standard InChI is InChI=1S/C19H32N2O/c1-4-6-13-21(5-2)18-12-11-16(14-19(18)22-3)15-20-17-9-7-8-10-17/h11-12,14,17,20H,4-10,13,15H2,1-3H3. The summed E-state index contributed by atoms with van der Waals surface area (Å²) >= 11 is 0. The average Bonchev–Trinajstić information content (AvgIpc) is 3.07. The van der Waals surface area contributed by atoms with Crippen molar-refractivity contribution in [3.8, 4) is 5.75 Å². The number of rotatable bonds is 9. The molecule has 0 atom stereocenters. The highest BCUT2D eigenvalue weighted by atomic mass is 16.5. The summed E-state index contributed by atoms with van der Waals surface area (Å²) < 4.78 is 5.65. The van der Waals surface area contributed by atoms with Crippen molar-refractivity contribution in [2.45, 2.75) is 65.0 Å². The Morgan fingerprint density at radius 3 is 2.64 bits per heavy atom. The topological polar surface area (TPSA) is 24.5 Å². The second-order valence-corrected chi connectivity index (χ2v) is 6.30. The van der Waals surface area contributed by atoms with Crippen molar-refractivity contribution in [1.82, 2.24) is 5.32 Å². The molecule has 1 N–H and O–H groups in total. The second-order valence-electron chi connectivity index (χ2n) is 6.30. The van der Waals surface area contributed by atoms with Crippen molar-refractivity contribution in [2.75, 3.05) is 25.1 Å². The summed E-state index contributed by atoms with van der Waals surface area (Å²) in [4.78, 5) is 2.41. The minimum atomic E-state index is 0.711. The number of nitrogens with one attached hydrogen (secondary N) is 1. The monoisotopic (exact) mass is 304 g/mol. The molecular weight excluding hydrogens is 272 g/mol. The maximum atomic E-state index is 5.65. The number of benzene rings is 1. The van der Waals surface area contributed by atoms with Crippen LogP contribution in [0.1, 0.15) is 57.9 Å². The molecule has 1 saturated carbocycles. The lowest BCUT2D eigenvalue weighted by Gasteiger charge is -2.25. The van der Waals surface area contributed by atoms with Crippen molar-refractivity contribution in [1.29, 1.82) is 0 Å². The number of hydrogen-bond donors (Lipinski definition) is 1. The number of hydrogen-bond acceptors (Lipinski definition) is 3. The summed E-state index contributed by atoms with van der Waals surface area (Å²) in [6, 6.07) is 7.38. The van der Waals surface area contributed by atoms with Crippen LogP contribution < -0.4 is 15.0 Å². The molecule has 0 spiro atoms. The first-order chi connectivity index (χ1) is 10.8. The molecule has 1 aliphatic carbocycles. The Morgan fingerprint density at radius 2 is 2.00 bits per heavy atom. The smallest absolute Gasteiger partial charge is 0.142 e. The van der Waals surface area contributed by atoms with E-state index in [4.69, 9.17) is 4.74 Å². The van der Waals surface area contributed by atoms with Gasteiger partial charge in [-0.25, -0.2) is 0 Å². The Hall–Kier alpha value is -1.22. The molecule has 0 radical (unpaired) electrons. The minimum Gasteiger partial charge on any atom is -0.495 e. The number of unbranched alkanes of at least 4 members (excludes halogenated alkanes) is 1. The van der Waals surface area contributed by atoms with Crippen LogP contribution in [0.2, 0.25) is 0 Å². The van der Waals surface area contributed by atoms with E-state index in [0.29, 0.717) is 6.04 Å². The van der Waals surface area contributed by atoms with Crippen LogP contribution >= 0.6 is 0 Å². The van der Waals surface area contributed by atoms with Crippen LogP contribution in [-0.2, 0) is 6.54 Å². The molecule has 0 saturated heterocycles. The lowest BCUT2D eigenvalue weighted by atomic mass is 10.1. The SMILES string of the molecule is CCCCN(CC)c1ccc(CNC2CCCC2)cc1OC. The van der Waals surface area contributed by atoms with Crippen LogP contribution in [-0.4, -0.2) is 26.2 Å². The minimum absolute atomic E-state index is 0.711. The number of methoxy groups -OCH3 is 1. The van der Waals surface area contributed by atoms with Crippen molar-refractivity contribution in [3.05, 3.63) is 23.8 Å². The molecule has 22 heavy (non-hydrogen) atoms. The summed E-state index contributed by atoms with van der Waals surface area (Å²) in [6.45, 7) is 7.52. The highest BCUT2D eigenvalue weighted by molar-refractivity contribution is 5.59. The Morgan fingerprint density at radius 1 is 1.23 bits per heavy atom. The van der Waals surface area contributed by atoms with Crippen LogP contribution in [0.15, 0.2) is 18.2 Å². The normalized spacial score (nSPS) is 15.2. The fourth-order valence-corrected chi connectivity index (χ4v) is 3.28. The predicted octanol–water partition coefficient (Wildman–Crippen LogP) is 4.35. The maximum absolute atomic E-state index is 5.65. The van der Waals surface area contributed by atoms with Crippen molar-refractivity contribution in [2.24, 2.45) is 0 Å². The van der Waals surface area contributed by atoms with Gasteiger partial charge in [-0.05, 0) is 43.9 Å². The molecule has 0 aromatic heterocycles. The predicted molar refractivity (Wildman–Crippen MR) is 94.9 cm³/mol. The van der Waals surface area contributed by atoms with E-state index in [0.717, 1.165) is 25.4 Å². The van der Waals surface area contributed by atoms with Gasteiger partial charge in [0.2, 0.25) is 0 Å². The van der Waals surface area contributed by atoms with Gasteiger partial charge in [0.15, 0.2) is 0 Å². The Kier molecular flexibility index (Phi) is 7.04. The highest BCUT2D eigenvalue weighted by Crippen LogP contribution is 2.30. The van der Waals surface area contributed by atoms with E-state index in [9.17, 15) is 0 Å². The first-order valence-electron chi connectivity index (χ1n) is 8.93. The van der Waals surface area contributed by atoms with Gasteiger partial charge >= 0.3 is 0 Å². The lowest BCUT2D eigenvalue weighted by Crippen LogP contribution is -2.26. The molecule has 1 fully saturated rings. The molecule has 124 valence electrons. The van der Waals surface area contributed by atoms with Crippen molar-refractivity contribution >= 4 is 5.69 Å². The third-order valence-corrected chi connectivity index (χ3v) is 4.70. The van der Waals surface area contributed by atoms with Gasteiger partial charge in [0, 0.05) is 25.7 Å². The van der Waals surface area contributed by atoms with E-state index in [1.165, 1.54) is 49.8 Å². The summed E-state index contributed by atoms with van der Waals surface area (Å²) in [7, 11) is 1.78. The van der Waals surface area contributed by atoms with Gasteiger partial charge < -0.3 is 15.0 Å². The molecular formula is C19H32N2O. The first kappa shape index (κ1) is 17.1. The van der Waals surface area contributed by atoms with Gasteiger partial charge in [-0.2, -0.15) is 0 Å². The van der Waals surface area contributed by atoms with E-state index in [1.807, 2.05) is 0 Å². The number of nitrogens with zero attached hydrogens (tertiary/aromatic N) is 1. The zero-order chi connectivity index (χ0) is 15.8. The zero-order valence-electron chi connectivity index (χ0n) is 14.5. The quantitative estimate of drug-likeness (QED) is 0.734. The first-order valence-corrected chi connectivity index (χ1v) is 8.93. The van der Waals surface area contributed by atoms with Crippen LogP contribution in [0.5, 0.6) is 5.75 Å². The Bertz CT molecular complexity index is 441. The number of ether oxygens (including phenoxy) is 1. The van der Waals surface area contributed by atoms with Crippen LogP contribution in [0.3, 0.4) is 0 Å². The fourth-order valence-electron chi connectivity index (χ4n) is 3.28. The maximum Gasteiger partial charge on any atom is 0.142 e. The van der Waals surface area contributed by atoms with Crippen LogP contribution in [0, 0.1) is 0 Å². The third kappa shape index (κ3) is 4.64. The Labute approximate surface area is 136 Å². The van der Waals surface area contributed by atoms with E-state index in [-0.39, 0.29) is 0 Å². The zero-order valence-corrected chi connectivity index (χ0v) is 14.5. The fraction of sp³-hybridized carbons (Fsp3) is 0.684. The summed E-state index contributed by atoms with van der Waals surface area (Å²) in [5.74, 6) is 1.00. The molecule has 3 heteroatoms. The van der Waals surface area contributed by atoms with E-state index < -0.39 is 0 Å². The van der Waals surface area contributed by atoms with Crippen LogP contribution in [0.4, 0.5) is 5.69 Å². The van der Waals surface area contributed by atoms with E-state index in [1.54, 1.807) is 7.11 Å². The van der Waals surface area contributed by atoms with Gasteiger partial charge in [-0.3, -0.25) is 0 Å².